The summed E-state index contributed by atoms with van der Waals surface area (Å²) in [7, 11) is 0.740. The molecule has 0 saturated carbocycles. The molecule has 0 fully saturated rings. The molecule has 0 aliphatic rings. The van der Waals surface area contributed by atoms with Crippen molar-refractivity contribution in [3.63, 3.8) is 0 Å². The van der Waals surface area contributed by atoms with Gasteiger partial charge in [-0.15, -0.1) is 0 Å². The molecule has 0 aliphatic carbocycles. The van der Waals surface area contributed by atoms with Crippen LogP contribution in [0.5, 0.6) is 0 Å². The molecule has 1 N–H and O–H groups in total. The Morgan fingerprint density at radius 3 is 2.50 bits per heavy atom. The number of rotatable bonds is 8. The number of likely N-dealkylation sites (N-methyl/N-ethyl adjacent to an activating group) is 1. The van der Waals surface area contributed by atoms with Crippen molar-refractivity contribution in [2.24, 2.45) is 0 Å². The molecule has 2 atom stereocenters. The number of phosphoric acid groups is 1. The molecule has 18 heavy (non-hydrogen) atoms. The smallest absolute Gasteiger partial charge is 0.330 e. The quantitative estimate of drug-likeness (QED) is 0.283. The summed E-state index contributed by atoms with van der Waals surface area (Å²) in [5.74, 6) is -0.590. The van der Waals surface area contributed by atoms with Crippen LogP contribution in [0.2, 0.25) is 0 Å². The van der Waals surface area contributed by atoms with Crippen LogP contribution in [0.25, 0.3) is 0 Å². The van der Waals surface area contributed by atoms with E-state index < -0.39 is 19.9 Å². The average Bonchev–Trinajstić information content (AvgIpc) is 2.12. The number of ether oxygens (including phenoxy) is 1. The molecule has 0 aromatic heterocycles. The lowest BCUT2D eigenvalue weighted by Crippen LogP contribution is -2.42. The van der Waals surface area contributed by atoms with Gasteiger partial charge in [-0.1, -0.05) is 6.58 Å². The van der Waals surface area contributed by atoms with E-state index >= 15 is 0 Å². The van der Waals surface area contributed by atoms with Crippen LogP contribution in [0, 0.1) is 0 Å². The third kappa shape index (κ3) is 10.4. The van der Waals surface area contributed by atoms with Gasteiger partial charge >= 0.3 is 5.97 Å². The Balaban J connectivity index is 4.34. The number of quaternary nitrogens is 1. The maximum Gasteiger partial charge on any atom is 0.330 e. The van der Waals surface area contributed by atoms with Gasteiger partial charge in [0.1, 0.15) is 12.6 Å². The Morgan fingerprint density at radius 2 is 2.11 bits per heavy atom. The van der Waals surface area contributed by atoms with Crippen LogP contribution in [0.1, 0.15) is 6.42 Å². The van der Waals surface area contributed by atoms with Crippen molar-refractivity contribution < 1.29 is 32.9 Å². The number of phosphoric ester groups is 1. The number of nitrogens with zero attached hydrogens (tertiary/aromatic N) is 1. The molecule has 0 saturated heterocycles. The van der Waals surface area contributed by atoms with Crippen LogP contribution in [0.3, 0.4) is 0 Å². The minimum atomic E-state index is -4.80. The molecule has 0 spiro atoms. The first-order valence-electron chi connectivity index (χ1n) is 5.35. The predicted molar refractivity (Wildman–Crippen MR) is 63.4 cm³/mol. The Morgan fingerprint density at radius 1 is 1.56 bits per heavy atom. The van der Waals surface area contributed by atoms with Crippen molar-refractivity contribution >= 4 is 13.8 Å². The van der Waals surface area contributed by atoms with Gasteiger partial charge in [0.15, 0.2) is 0 Å². The lowest BCUT2D eigenvalue weighted by molar-refractivity contribution is -0.873. The summed E-state index contributed by atoms with van der Waals surface area (Å²) in [6.45, 7) is 3.58. The van der Waals surface area contributed by atoms with Crippen molar-refractivity contribution in [2.75, 3.05) is 34.3 Å². The molecule has 0 amide bonds. The highest BCUT2D eigenvalue weighted by Crippen LogP contribution is 2.33. The first-order valence-corrected chi connectivity index (χ1v) is 6.85. The number of hydrogen-bond donors (Lipinski definition) is 1. The van der Waals surface area contributed by atoms with E-state index in [1.165, 1.54) is 0 Å². The molecule has 7 nitrogen and oxygen atoms in total. The van der Waals surface area contributed by atoms with Crippen molar-refractivity contribution in [1.82, 2.24) is 0 Å². The molecule has 106 valence electrons. The highest BCUT2D eigenvalue weighted by Gasteiger charge is 2.22. The SMILES string of the molecule is C=CC(=O)OCCC(C[N+](C)(C)C)OP(=O)([O-])O. The van der Waals surface area contributed by atoms with Crippen LogP contribution in [0.4, 0.5) is 0 Å². The maximum atomic E-state index is 10.8. The second-order valence-electron chi connectivity index (χ2n) is 4.83. The summed E-state index contributed by atoms with van der Waals surface area (Å²) in [4.78, 5) is 30.2. The first-order chi connectivity index (χ1) is 8.03. The Bertz CT molecular complexity index is 332. The first kappa shape index (κ1) is 17.3. The minimum absolute atomic E-state index is 0.00444. The number of carbonyl (C=O) groups is 1. The van der Waals surface area contributed by atoms with Gasteiger partial charge in [0, 0.05) is 12.5 Å². The van der Waals surface area contributed by atoms with Crippen LogP contribution < -0.4 is 4.89 Å². The fourth-order valence-corrected chi connectivity index (χ4v) is 1.88. The topological polar surface area (TPSA) is 95.9 Å². The second-order valence-corrected chi connectivity index (χ2v) is 5.98. The summed E-state index contributed by atoms with van der Waals surface area (Å²) in [6, 6.07) is 0. The van der Waals surface area contributed by atoms with E-state index in [1.54, 1.807) is 0 Å². The zero-order chi connectivity index (χ0) is 14.4. The lowest BCUT2D eigenvalue weighted by Gasteiger charge is -2.31. The zero-order valence-corrected chi connectivity index (χ0v) is 11.8. The third-order valence-corrected chi connectivity index (χ3v) is 2.45. The molecule has 0 aliphatic heterocycles. The Labute approximate surface area is 107 Å². The van der Waals surface area contributed by atoms with Crippen molar-refractivity contribution in [3.05, 3.63) is 12.7 Å². The van der Waals surface area contributed by atoms with Gasteiger partial charge in [-0.25, -0.2) is 4.79 Å². The van der Waals surface area contributed by atoms with Gasteiger partial charge < -0.3 is 23.5 Å². The minimum Gasteiger partial charge on any atom is -0.756 e. The largest absolute Gasteiger partial charge is 0.756 e. The Kier molecular flexibility index (Phi) is 6.73. The van der Waals surface area contributed by atoms with E-state index in [1.807, 2.05) is 21.1 Å². The Hall–Kier alpha value is -0.720. The van der Waals surface area contributed by atoms with Crippen LogP contribution >= 0.6 is 7.82 Å². The molecular weight excluding hydrogens is 261 g/mol. The van der Waals surface area contributed by atoms with E-state index in [0.717, 1.165) is 6.08 Å². The maximum absolute atomic E-state index is 10.8. The van der Waals surface area contributed by atoms with Crippen LogP contribution in [-0.2, 0) is 18.6 Å². The fourth-order valence-electron chi connectivity index (χ4n) is 1.33. The van der Waals surface area contributed by atoms with Crippen LogP contribution in [0.15, 0.2) is 12.7 Å². The molecule has 0 heterocycles. The van der Waals surface area contributed by atoms with Crippen LogP contribution in [-0.4, -0.2) is 55.7 Å². The number of hydrogen-bond acceptors (Lipinski definition) is 5. The van der Waals surface area contributed by atoms with E-state index in [2.05, 4.69) is 11.1 Å². The standard InChI is InChI=1S/C10H20NO6P/c1-5-10(12)16-7-6-9(8-11(2,3)4)17-18(13,14)15/h5,9H,1,6-8H2,2-4H3,(H-,13,14,15). The second kappa shape index (κ2) is 7.01. The monoisotopic (exact) mass is 281 g/mol. The summed E-state index contributed by atoms with van der Waals surface area (Å²) in [5.41, 5.74) is 0. The highest BCUT2D eigenvalue weighted by atomic mass is 31.2. The lowest BCUT2D eigenvalue weighted by atomic mass is 10.2. The van der Waals surface area contributed by atoms with Crippen molar-refractivity contribution in [2.45, 2.75) is 12.5 Å². The average molecular weight is 281 g/mol. The molecule has 8 heteroatoms. The molecule has 0 bridgehead atoms. The molecule has 0 radical (unpaired) electrons. The zero-order valence-electron chi connectivity index (χ0n) is 10.9. The van der Waals surface area contributed by atoms with E-state index in [4.69, 9.17) is 9.63 Å². The molecule has 0 rings (SSSR count). The third-order valence-electron chi connectivity index (χ3n) is 1.88. The van der Waals surface area contributed by atoms with Gasteiger partial charge in [-0.2, -0.15) is 0 Å². The highest BCUT2D eigenvalue weighted by molar-refractivity contribution is 7.44. The van der Waals surface area contributed by atoms with Gasteiger partial charge in [0.2, 0.25) is 0 Å². The summed E-state index contributed by atoms with van der Waals surface area (Å²) in [5, 5.41) is 0. The predicted octanol–water partition coefficient (Wildman–Crippen LogP) is -0.342. The fraction of sp³-hybridized carbons (Fsp3) is 0.700. The molecule has 0 aromatic carbocycles. The van der Waals surface area contributed by atoms with Gasteiger partial charge in [-0.05, 0) is 0 Å². The molecule has 2 unspecified atom stereocenters. The molecular formula is C10H20NO6P. The molecule has 0 aromatic rings. The van der Waals surface area contributed by atoms with Gasteiger partial charge in [0.25, 0.3) is 7.82 Å². The summed E-state index contributed by atoms with van der Waals surface area (Å²) in [6.07, 6.45) is 0.429. The summed E-state index contributed by atoms with van der Waals surface area (Å²) < 4.78 is 20.4. The van der Waals surface area contributed by atoms with Gasteiger partial charge in [0.05, 0.1) is 27.7 Å². The number of esters is 1. The van der Waals surface area contributed by atoms with E-state index in [0.29, 0.717) is 11.0 Å². The van der Waals surface area contributed by atoms with E-state index in [-0.39, 0.29) is 13.0 Å². The van der Waals surface area contributed by atoms with Gasteiger partial charge in [-0.3, -0.25) is 4.57 Å². The number of carbonyl (C=O) groups excluding carboxylic acids is 1. The normalized spacial score (nSPS) is 16.7. The van der Waals surface area contributed by atoms with Crippen molar-refractivity contribution in [3.8, 4) is 0 Å². The summed E-state index contributed by atoms with van der Waals surface area (Å²) >= 11 is 0. The van der Waals surface area contributed by atoms with E-state index in [9.17, 15) is 14.3 Å². The van der Waals surface area contributed by atoms with Crippen molar-refractivity contribution in [1.29, 1.82) is 0 Å².